The Labute approximate surface area is 180 Å². The highest BCUT2D eigenvalue weighted by atomic mass is 19.1. The number of halogens is 1. The number of hydrogen-bond donors (Lipinski definition) is 2. The molecule has 0 aliphatic heterocycles. The van der Waals surface area contributed by atoms with E-state index in [9.17, 15) is 14.0 Å². The summed E-state index contributed by atoms with van der Waals surface area (Å²) in [6.07, 6.45) is 0. The molecule has 156 valence electrons. The van der Waals surface area contributed by atoms with Gasteiger partial charge in [-0.1, -0.05) is 32.9 Å². The van der Waals surface area contributed by atoms with Gasteiger partial charge in [-0.2, -0.15) is 5.26 Å². The average Bonchev–Trinajstić information content (AvgIpc) is 2.74. The molecule has 0 unspecified atom stereocenters. The Morgan fingerprint density at radius 2 is 1.39 bits per heavy atom. The molecule has 3 rings (SSSR count). The molecule has 0 atom stereocenters. The number of nitriles is 1. The van der Waals surface area contributed by atoms with Crippen LogP contribution >= 0.6 is 0 Å². The first-order chi connectivity index (χ1) is 14.7. The lowest BCUT2D eigenvalue weighted by Crippen LogP contribution is -2.15. The molecule has 31 heavy (non-hydrogen) atoms. The molecular weight excluding hydrogens is 393 g/mol. The molecule has 0 aromatic heterocycles. The molecule has 0 saturated carbocycles. The van der Waals surface area contributed by atoms with E-state index in [4.69, 9.17) is 5.26 Å². The second-order valence-corrected chi connectivity index (χ2v) is 8.12. The number of carbonyl (C=O) groups excluding carboxylic acids is 2. The summed E-state index contributed by atoms with van der Waals surface area (Å²) in [4.78, 5) is 24.7. The van der Waals surface area contributed by atoms with E-state index in [-0.39, 0.29) is 22.4 Å². The van der Waals surface area contributed by atoms with Gasteiger partial charge in [0, 0.05) is 16.9 Å². The second kappa shape index (κ2) is 8.80. The van der Waals surface area contributed by atoms with Crippen molar-refractivity contribution in [3.05, 3.63) is 94.8 Å². The highest BCUT2D eigenvalue weighted by Gasteiger charge is 2.15. The van der Waals surface area contributed by atoms with Crippen LogP contribution in [-0.4, -0.2) is 11.8 Å². The third-order valence-electron chi connectivity index (χ3n) is 4.76. The first-order valence-electron chi connectivity index (χ1n) is 9.70. The molecule has 0 spiro atoms. The van der Waals surface area contributed by atoms with Gasteiger partial charge in [0.05, 0.1) is 17.2 Å². The Kier molecular flexibility index (Phi) is 6.17. The third kappa shape index (κ3) is 5.34. The van der Waals surface area contributed by atoms with Crippen LogP contribution in [0, 0.1) is 17.1 Å². The molecule has 2 N–H and O–H groups in total. The summed E-state index contributed by atoms with van der Waals surface area (Å²) in [5.74, 6) is -1.63. The maximum absolute atomic E-state index is 14.0. The largest absolute Gasteiger partial charge is 0.322 e. The fourth-order valence-corrected chi connectivity index (χ4v) is 2.93. The minimum absolute atomic E-state index is 0.00987. The molecule has 0 fully saturated rings. The molecule has 0 aliphatic rings. The van der Waals surface area contributed by atoms with E-state index in [0.717, 1.165) is 11.6 Å². The van der Waals surface area contributed by atoms with Crippen molar-refractivity contribution < 1.29 is 14.0 Å². The van der Waals surface area contributed by atoms with Crippen LogP contribution in [0.3, 0.4) is 0 Å². The van der Waals surface area contributed by atoms with Crippen molar-refractivity contribution in [1.82, 2.24) is 0 Å². The number of nitrogens with one attached hydrogen (secondary N) is 2. The fourth-order valence-electron chi connectivity index (χ4n) is 2.93. The third-order valence-corrected chi connectivity index (χ3v) is 4.76. The monoisotopic (exact) mass is 415 g/mol. The Morgan fingerprint density at radius 1 is 0.839 bits per heavy atom. The van der Waals surface area contributed by atoms with Crippen molar-refractivity contribution in [2.45, 2.75) is 26.2 Å². The maximum Gasteiger partial charge on any atom is 0.258 e. The fraction of sp³-hybridized carbons (Fsp3) is 0.160. The van der Waals surface area contributed by atoms with Gasteiger partial charge in [-0.15, -0.1) is 0 Å². The van der Waals surface area contributed by atoms with E-state index < -0.39 is 11.7 Å². The topological polar surface area (TPSA) is 82.0 Å². The molecule has 3 aromatic rings. The van der Waals surface area contributed by atoms with Gasteiger partial charge < -0.3 is 10.6 Å². The van der Waals surface area contributed by atoms with Crippen LogP contribution in [0.5, 0.6) is 0 Å². The van der Waals surface area contributed by atoms with Gasteiger partial charge in [0.1, 0.15) is 5.82 Å². The number of rotatable bonds is 4. The Morgan fingerprint density at radius 3 is 1.87 bits per heavy atom. The van der Waals surface area contributed by atoms with Gasteiger partial charge in [-0.25, -0.2) is 4.39 Å². The van der Waals surface area contributed by atoms with Crippen molar-refractivity contribution in [1.29, 1.82) is 5.26 Å². The lowest BCUT2D eigenvalue weighted by atomic mass is 9.87. The molecule has 3 aromatic carbocycles. The molecule has 0 saturated heterocycles. The quantitative estimate of drug-likeness (QED) is 0.590. The van der Waals surface area contributed by atoms with E-state index in [0.29, 0.717) is 16.9 Å². The lowest BCUT2D eigenvalue weighted by Gasteiger charge is -2.19. The van der Waals surface area contributed by atoms with Crippen molar-refractivity contribution in [2.75, 3.05) is 10.6 Å². The zero-order valence-electron chi connectivity index (χ0n) is 17.5. The highest BCUT2D eigenvalue weighted by molar-refractivity contribution is 6.05. The van der Waals surface area contributed by atoms with Crippen molar-refractivity contribution >= 4 is 23.2 Å². The van der Waals surface area contributed by atoms with Gasteiger partial charge >= 0.3 is 0 Å². The zero-order valence-corrected chi connectivity index (χ0v) is 17.5. The summed E-state index contributed by atoms with van der Waals surface area (Å²) >= 11 is 0. The number of amides is 2. The first-order valence-corrected chi connectivity index (χ1v) is 9.70. The summed E-state index contributed by atoms with van der Waals surface area (Å²) in [6.45, 7) is 6.33. The number of nitrogens with zero attached hydrogens (tertiary/aromatic N) is 1. The van der Waals surface area contributed by atoms with E-state index in [1.807, 2.05) is 18.2 Å². The van der Waals surface area contributed by atoms with Crippen LogP contribution in [0.25, 0.3) is 0 Å². The standard InChI is InChI=1S/C25H22FN3O2/c1-25(2,3)18-7-5-17(6-8-18)23(30)28-19-9-11-20(12-10-19)29-24(31)21-13-4-16(15-27)14-22(21)26/h4-14H,1-3H3,(H,28,30)(H,29,31). The molecule has 0 bridgehead atoms. The smallest absolute Gasteiger partial charge is 0.258 e. The zero-order chi connectivity index (χ0) is 22.6. The van der Waals surface area contributed by atoms with Crippen LogP contribution in [0.15, 0.2) is 66.7 Å². The summed E-state index contributed by atoms with van der Waals surface area (Å²) in [5, 5.41) is 14.2. The van der Waals surface area contributed by atoms with E-state index in [2.05, 4.69) is 31.4 Å². The molecule has 5 nitrogen and oxygen atoms in total. The minimum Gasteiger partial charge on any atom is -0.322 e. The highest BCUT2D eigenvalue weighted by Crippen LogP contribution is 2.23. The number of benzene rings is 3. The molecule has 0 radical (unpaired) electrons. The lowest BCUT2D eigenvalue weighted by molar-refractivity contribution is 0.101. The van der Waals surface area contributed by atoms with Crippen LogP contribution in [0.1, 0.15) is 52.6 Å². The molecule has 2 amide bonds. The SMILES string of the molecule is CC(C)(C)c1ccc(C(=O)Nc2ccc(NC(=O)c3ccc(C#N)cc3F)cc2)cc1. The van der Waals surface area contributed by atoms with E-state index >= 15 is 0 Å². The van der Waals surface area contributed by atoms with Crippen LogP contribution in [0.4, 0.5) is 15.8 Å². The van der Waals surface area contributed by atoms with Gasteiger partial charge in [0.15, 0.2) is 0 Å². The van der Waals surface area contributed by atoms with Crippen molar-refractivity contribution in [2.24, 2.45) is 0 Å². The van der Waals surface area contributed by atoms with Crippen molar-refractivity contribution in [3.63, 3.8) is 0 Å². The number of anilines is 2. The van der Waals surface area contributed by atoms with Crippen LogP contribution in [0.2, 0.25) is 0 Å². The average molecular weight is 415 g/mol. The van der Waals surface area contributed by atoms with Gasteiger partial charge in [-0.05, 0) is 65.6 Å². The predicted molar refractivity (Wildman–Crippen MR) is 119 cm³/mol. The summed E-state index contributed by atoms with van der Waals surface area (Å²) < 4.78 is 14.0. The van der Waals surface area contributed by atoms with Gasteiger partial charge in [-0.3, -0.25) is 9.59 Å². The second-order valence-electron chi connectivity index (χ2n) is 8.12. The Hall–Kier alpha value is -3.98. The number of carbonyl (C=O) groups is 2. The van der Waals surface area contributed by atoms with Crippen LogP contribution in [-0.2, 0) is 5.41 Å². The van der Waals surface area contributed by atoms with Crippen LogP contribution < -0.4 is 10.6 Å². The predicted octanol–water partition coefficient (Wildman–Crippen LogP) is 5.50. The minimum atomic E-state index is -0.766. The van der Waals surface area contributed by atoms with Gasteiger partial charge in [0.2, 0.25) is 0 Å². The van der Waals surface area contributed by atoms with Crippen molar-refractivity contribution in [3.8, 4) is 6.07 Å². The Balaban J connectivity index is 1.64. The van der Waals surface area contributed by atoms with Gasteiger partial charge in [0.25, 0.3) is 11.8 Å². The summed E-state index contributed by atoms with van der Waals surface area (Å²) in [7, 11) is 0. The normalized spacial score (nSPS) is 10.8. The molecule has 6 heteroatoms. The molecule has 0 aliphatic carbocycles. The summed E-state index contributed by atoms with van der Waals surface area (Å²) in [6, 6.07) is 19.4. The molecule has 0 heterocycles. The number of hydrogen-bond acceptors (Lipinski definition) is 3. The first kappa shape index (κ1) is 21.7. The van der Waals surface area contributed by atoms with E-state index in [1.165, 1.54) is 12.1 Å². The summed E-state index contributed by atoms with van der Waals surface area (Å²) in [5.41, 5.74) is 2.69. The molecular formula is C25H22FN3O2. The maximum atomic E-state index is 14.0. The Bertz CT molecular complexity index is 1160. The van der Waals surface area contributed by atoms with E-state index in [1.54, 1.807) is 36.4 Å².